The fraction of sp³-hybridized carbons (Fsp3) is 0.875. The second-order valence-corrected chi connectivity index (χ2v) is 3.56. The van der Waals surface area contributed by atoms with Gasteiger partial charge in [0.05, 0.1) is 0 Å². The minimum Gasteiger partial charge on any atom is -0.0935 e. The maximum absolute atomic E-state index is 4.74. The van der Waals surface area contributed by atoms with Crippen LogP contribution < -0.4 is 0 Å². The molecule has 0 radical (unpaired) electrons. The molecule has 0 unspecified atom stereocenters. The van der Waals surface area contributed by atoms with E-state index in [4.69, 9.17) is 12.2 Å². The van der Waals surface area contributed by atoms with Crippen molar-refractivity contribution in [3.05, 3.63) is 0 Å². The molecule has 0 amide bonds. The van der Waals surface area contributed by atoms with Gasteiger partial charge in [0.25, 0.3) is 0 Å². The van der Waals surface area contributed by atoms with E-state index in [2.05, 4.69) is 20.8 Å². The molecular weight excluding hydrogens is 128 g/mol. The van der Waals surface area contributed by atoms with Crippen molar-refractivity contribution in [2.75, 3.05) is 0 Å². The third kappa shape index (κ3) is 4.58. The number of thiocarbonyl (C=S) groups is 1. The summed E-state index contributed by atoms with van der Waals surface area (Å²) in [5.41, 5.74) is 0.495. The molecule has 9 heavy (non-hydrogen) atoms. The highest BCUT2D eigenvalue weighted by molar-refractivity contribution is 7.78. The SMILES string of the molecule is CCC(C)(C)CCC=S. The van der Waals surface area contributed by atoms with Crippen LogP contribution in [0.25, 0.3) is 0 Å². The second kappa shape index (κ2) is 3.99. The van der Waals surface area contributed by atoms with Crippen molar-refractivity contribution in [3.8, 4) is 0 Å². The summed E-state index contributed by atoms with van der Waals surface area (Å²) in [5.74, 6) is 0. The van der Waals surface area contributed by atoms with Gasteiger partial charge in [0.1, 0.15) is 0 Å². The summed E-state index contributed by atoms with van der Waals surface area (Å²) < 4.78 is 0. The average molecular weight is 144 g/mol. The van der Waals surface area contributed by atoms with Crippen molar-refractivity contribution in [2.45, 2.75) is 40.0 Å². The predicted molar refractivity (Wildman–Crippen MR) is 47.0 cm³/mol. The van der Waals surface area contributed by atoms with Crippen molar-refractivity contribution < 1.29 is 0 Å². The Morgan fingerprint density at radius 2 is 2.00 bits per heavy atom. The third-order valence-electron chi connectivity index (χ3n) is 1.90. The lowest BCUT2D eigenvalue weighted by molar-refractivity contribution is 0.330. The molecule has 0 aromatic carbocycles. The topological polar surface area (TPSA) is 0 Å². The number of hydrogen-bond acceptors (Lipinski definition) is 1. The van der Waals surface area contributed by atoms with Crippen molar-refractivity contribution in [1.29, 1.82) is 0 Å². The Kier molecular flexibility index (Phi) is 4.03. The molecule has 0 bridgehead atoms. The quantitative estimate of drug-likeness (QED) is 0.546. The lowest BCUT2D eigenvalue weighted by Crippen LogP contribution is -2.08. The molecule has 54 valence electrons. The zero-order chi connectivity index (χ0) is 7.33. The molecule has 0 atom stereocenters. The maximum Gasteiger partial charge on any atom is -0.0210 e. The first-order valence-corrected chi connectivity index (χ1v) is 4.03. The molecule has 0 aromatic rings. The summed E-state index contributed by atoms with van der Waals surface area (Å²) in [5, 5.41) is 1.83. The first-order valence-electron chi connectivity index (χ1n) is 3.56. The van der Waals surface area contributed by atoms with Crippen LogP contribution in [0.5, 0.6) is 0 Å². The lowest BCUT2D eigenvalue weighted by Gasteiger charge is -2.20. The first kappa shape index (κ1) is 9.09. The standard InChI is InChI=1S/C8H16S/c1-4-8(2,3)6-5-7-9/h7H,4-6H2,1-3H3. The Balaban J connectivity index is 3.44. The fourth-order valence-electron chi connectivity index (χ4n) is 0.626. The van der Waals surface area contributed by atoms with Crippen LogP contribution >= 0.6 is 12.2 Å². The zero-order valence-electron chi connectivity index (χ0n) is 6.61. The van der Waals surface area contributed by atoms with Gasteiger partial charge in [0.15, 0.2) is 0 Å². The van der Waals surface area contributed by atoms with E-state index in [1.54, 1.807) is 0 Å². The van der Waals surface area contributed by atoms with Crippen molar-refractivity contribution >= 4 is 17.6 Å². The van der Waals surface area contributed by atoms with Crippen LogP contribution in [0.3, 0.4) is 0 Å². The summed E-state index contributed by atoms with van der Waals surface area (Å²) in [4.78, 5) is 0. The van der Waals surface area contributed by atoms with E-state index < -0.39 is 0 Å². The van der Waals surface area contributed by atoms with Crippen LogP contribution in [0, 0.1) is 5.41 Å². The van der Waals surface area contributed by atoms with Crippen molar-refractivity contribution in [1.82, 2.24) is 0 Å². The largest absolute Gasteiger partial charge is 0.0935 e. The Bertz CT molecular complexity index is 84.6. The maximum atomic E-state index is 4.74. The van der Waals surface area contributed by atoms with E-state index in [1.807, 2.05) is 5.37 Å². The van der Waals surface area contributed by atoms with Crippen molar-refractivity contribution in [3.63, 3.8) is 0 Å². The highest BCUT2D eigenvalue weighted by Crippen LogP contribution is 2.25. The van der Waals surface area contributed by atoms with Gasteiger partial charge in [-0.15, -0.1) is 0 Å². The molecule has 1 heteroatoms. The van der Waals surface area contributed by atoms with E-state index in [0.29, 0.717) is 5.41 Å². The molecule has 0 saturated carbocycles. The molecule has 0 aliphatic heterocycles. The number of rotatable bonds is 4. The summed E-state index contributed by atoms with van der Waals surface area (Å²) in [6, 6.07) is 0. The summed E-state index contributed by atoms with van der Waals surface area (Å²) in [6.07, 6.45) is 3.55. The molecule has 0 aliphatic rings. The van der Waals surface area contributed by atoms with Gasteiger partial charge in [-0.25, -0.2) is 0 Å². The molecule has 0 fully saturated rings. The minimum atomic E-state index is 0.495. The van der Waals surface area contributed by atoms with E-state index >= 15 is 0 Å². The molecule has 0 rings (SSSR count). The summed E-state index contributed by atoms with van der Waals surface area (Å²) in [7, 11) is 0. The Labute approximate surface area is 63.7 Å². The van der Waals surface area contributed by atoms with Gasteiger partial charge in [0.2, 0.25) is 0 Å². The Morgan fingerprint density at radius 1 is 1.44 bits per heavy atom. The second-order valence-electron chi connectivity index (χ2n) is 3.22. The molecule has 0 nitrogen and oxygen atoms in total. The van der Waals surface area contributed by atoms with Gasteiger partial charge in [-0.1, -0.05) is 39.4 Å². The van der Waals surface area contributed by atoms with Gasteiger partial charge in [-0.3, -0.25) is 0 Å². The highest BCUT2D eigenvalue weighted by atomic mass is 32.1. The van der Waals surface area contributed by atoms with Crippen LogP contribution in [0.1, 0.15) is 40.0 Å². The van der Waals surface area contributed by atoms with E-state index in [-0.39, 0.29) is 0 Å². The highest BCUT2D eigenvalue weighted by Gasteiger charge is 2.12. The van der Waals surface area contributed by atoms with E-state index in [0.717, 1.165) is 6.42 Å². The molecule has 0 saturated heterocycles. The molecular formula is C8H16S. The molecule has 0 N–H and O–H groups in total. The first-order chi connectivity index (χ1) is 4.12. The van der Waals surface area contributed by atoms with Gasteiger partial charge >= 0.3 is 0 Å². The fourth-order valence-corrected chi connectivity index (χ4v) is 0.744. The van der Waals surface area contributed by atoms with Crippen LogP contribution in [-0.2, 0) is 0 Å². The summed E-state index contributed by atoms with van der Waals surface area (Å²) >= 11 is 4.74. The monoisotopic (exact) mass is 144 g/mol. The van der Waals surface area contributed by atoms with Crippen LogP contribution in [0.2, 0.25) is 0 Å². The van der Waals surface area contributed by atoms with E-state index in [9.17, 15) is 0 Å². The average Bonchev–Trinajstić information content (AvgIpc) is 1.84. The van der Waals surface area contributed by atoms with Crippen LogP contribution in [0.15, 0.2) is 0 Å². The Morgan fingerprint density at radius 3 is 2.33 bits per heavy atom. The Hall–Kier alpha value is 0.0900. The van der Waals surface area contributed by atoms with Gasteiger partial charge in [0, 0.05) is 0 Å². The minimum absolute atomic E-state index is 0.495. The third-order valence-corrected chi connectivity index (χ3v) is 2.13. The zero-order valence-corrected chi connectivity index (χ0v) is 7.42. The lowest BCUT2D eigenvalue weighted by atomic mass is 9.86. The van der Waals surface area contributed by atoms with Crippen LogP contribution in [-0.4, -0.2) is 5.37 Å². The molecule has 0 heterocycles. The van der Waals surface area contributed by atoms with Gasteiger partial charge in [-0.05, 0) is 23.6 Å². The predicted octanol–water partition coefficient (Wildman–Crippen LogP) is 3.20. The summed E-state index contributed by atoms with van der Waals surface area (Å²) in [6.45, 7) is 6.79. The smallest absolute Gasteiger partial charge is 0.0210 e. The molecule has 0 aromatic heterocycles. The molecule has 0 spiro atoms. The van der Waals surface area contributed by atoms with Crippen LogP contribution in [0.4, 0.5) is 0 Å². The normalized spacial score (nSPS) is 11.4. The van der Waals surface area contributed by atoms with Gasteiger partial charge in [-0.2, -0.15) is 0 Å². The van der Waals surface area contributed by atoms with Crippen molar-refractivity contribution in [2.24, 2.45) is 5.41 Å². The van der Waals surface area contributed by atoms with E-state index in [1.165, 1.54) is 12.8 Å². The number of hydrogen-bond donors (Lipinski definition) is 0. The molecule has 0 aliphatic carbocycles. The van der Waals surface area contributed by atoms with Gasteiger partial charge < -0.3 is 0 Å².